The molecule has 13 nitrogen and oxygen atoms in total. The number of amides is 2. The van der Waals surface area contributed by atoms with Crippen LogP contribution < -0.4 is 15.5 Å². The highest BCUT2D eigenvalue weighted by molar-refractivity contribution is 7.91. The first kappa shape index (κ1) is 26.4. The molecule has 0 aromatic carbocycles. The number of anilines is 2. The number of carbonyl (C=O) groups excluding carboxylic acids is 1. The average molecular weight is 530 g/mol. The van der Waals surface area contributed by atoms with Gasteiger partial charge < -0.3 is 15.0 Å². The average Bonchev–Trinajstić information content (AvgIpc) is 3.27. The van der Waals surface area contributed by atoms with Gasteiger partial charge in [0.15, 0.2) is 15.7 Å². The molecule has 1 aliphatic rings. The molecule has 14 heteroatoms. The van der Waals surface area contributed by atoms with Gasteiger partial charge in [0, 0.05) is 56.6 Å². The monoisotopic (exact) mass is 529 g/mol. The van der Waals surface area contributed by atoms with Crippen LogP contribution in [0.1, 0.15) is 32.0 Å². The summed E-state index contributed by atoms with van der Waals surface area (Å²) in [6.45, 7) is 7.26. The number of aryl methyl sites for hydroxylation is 1. The fourth-order valence-electron chi connectivity index (χ4n) is 3.68. The largest absolute Gasteiger partial charge is 0.377 e. The van der Waals surface area contributed by atoms with Gasteiger partial charge in [0.25, 0.3) is 0 Å². The lowest BCUT2D eigenvalue weighted by molar-refractivity contribution is 0.0985. The summed E-state index contributed by atoms with van der Waals surface area (Å²) in [5, 5.41) is 9.35. The maximum absolute atomic E-state index is 12.6. The lowest BCUT2D eigenvalue weighted by Crippen LogP contribution is -2.44. The predicted octanol–water partition coefficient (Wildman–Crippen LogP) is 1.49. The number of urea groups is 1. The van der Waals surface area contributed by atoms with E-state index in [1.165, 1.54) is 18.6 Å². The van der Waals surface area contributed by atoms with Crippen LogP contribution >= 0.6 is 0 Å². The van der Waals surface area contributed by atoms with Gasteiger partial charge in [-0.25, -0.2) is 33.1 Å². The molecule has 1 aliphatic heterocycles. The van der Waals surface area contributed by atoms with Crippen LogP contribution in [-0.4, -0.2) is 76.2 Å². The van der Waals surface area contributed by atoms with E-state index in [2.05, 4.69) is 35.6 Å². The Hall–Kier alpha value is -3.65. The highest BCUT2D eigenvalue weighted by Gasteiger charge is 2.35. The van der Waals surface area contributed by atoms with Gasteiger partial charge in [-0.2, -0.15) is 5.10 Å². The topological polar surface area (TPSA) is 157 Å². The van der Waals surface area contributed by atoms with Crippen molar-refractivity contribution >= 4 is 27.6 Å². The fraction of sp³-hybridized carbons (Fsp3) is 0.478. The first-order valence-electron chi connectivity index (χ1n) is 11.7. The Morgan fingerprint density at radius 1 is 1.22 bits per heavy atom. The maximum Gasteiger partial charge on any atom is 0.321 e. The number of nitrogens with zero attached hydrogens (tertiary/aromatic N) is 7. The maximum atomic E-state index is 12.6. The first-order valence-corrected chi connectivity index (χ1v) is 13.6. The molecule has 3 aromatic heterocycles. The molecule has 0 unspecified atom stereocenters. The van der Waals surface area contributed by atoms with Crippen LogP contribution in [0, 0.1) is 0 Å². The first-order chi connectivity index (χ1) is 17.4. The standard InChI is InChI=1S/C23H31N9O4S/c1-15-14-36-7-6-32(15)19-8-18(23(2,3)37(5,34)35)28-20(29-19)17-11-24-21(25-12-17)30-22(33)26-9-16-10-27-31(4)13-16/h8,10-13,15H,6-7,9,14H2,1-5H3,(H2,24,25,26,30,33)/t15-/m0/s1. The fourth-order valence-corrected chi connectivity index (χ4v) is 4.16. The minimum absolute atomic E-state index is 0.0544. The molecular weight excluding hydrogens is 498 g/mol. The van der Waals surface area contributed by atoms with Crippen molar-refractivity contribution in [3.8, 4) is 11.4 Å². The predicted molar refractivity (Wildman–Crippen MR) is 138 cm³/mol. The second-order valence-electron chi connectivity index (χ2n) is 9.46. The minimum atomic E-state index is -3.48. The summed E-state index contributed by atoms with van der Waals surface area (Å²) >= 11 is 0. The molecule has 3 aromatic rings. The second-order valence-corrected chi connectivity index (χ2v) is 12.0. The van der Waals surface area contributed by atoms with Gasteiger partial charge in [-0.15, -0.1) is 0 Å². The summed E-state index contributed by atoms with van der Waals surface area (Å²) in [5.41, 5.74) is 1.70. The lowest BCUT2D eigenvalue weighted by atomic mass is 10.1. The van der Waals surface area contributed by atoms with E-state index < -0.39 is 20.6 Å². The minimum Gasteiger partial charge on any atom is -0.377 e. The van der Waals surface area contributed by atoms with E-state index in [9.17, 15) is 13.2 Å². The molecule has 0 bridgehead atoms. The van der Waals surface area contributed by atoms with Crippen LogP contribution in [0.25, 0.3) is 11.4 Å². The number of morpholine rings is 1. The lowest BCUT2D eigenvalue weighted by Gasteiger charge is -2.35. The van der Waals surface area contributed by atoms with Crippen molar-refractivity contribution in [2.75, 3.05) is 36.2 Å². The van der Waals surface area contributed by atoms with E-state index in [1.54, 1.807) is 44.0 Å². The second kappa shape index (κ2) is 10.4. The number of rotatable bonds is 7. The van der Waals surface area contributed by atoms with Crippen molar-refractivity contribution in [2.45, 2.75) is 38.1 Å². The number of aromatic nitrogens is 6. The summed E-state index contributed by atoms with van der Waals surface area (Å²) in [4.78, 5) is 32.0. The highest BCUT2D eigenvalue weighted by Crippen LogP contribution is 2.32. The van der Waals surface area contributed by atoms with Crippen LogP contribution in [-0.2, 0) is 32.9 Å². The molecule has 4 heterocycles. The van der Waals surface area contributed by atoms with Crippen molar-refractivity contribution in [1.82, 2.24) is 35.0 Å². The molecule has 0 aliphatic carbocycles. The zero-order valence-corrected chi connectivity index (χ0v) is 22.3. The molecule has 1 fully saturated rings. The summed E-state index contributed by atoms with van der Waals surface area (Å²) in [5.74, 6) is 0.988. The highest BCUT2D eigenvalue weighted by atomic mass is 32.2. The van der Waals surface area contributed by atoms with Crippen LogP contribution in [0.4, 0.5) is 16.6 Å². The molecule has 4 rings (SSSR count). The summed E-state index contributed by atoms with van der Waals surface area (Å²) in [6.07, 6.45) is 7.63. The number of nitrogens with one attached hydrogen (secondary N) is 2. The summed E-state index contributed by atoms with van der Waals surface area (Å²) in [6, 6.07) is 1.31. The molecular formula is C23H31N9O4S. The van der Waals surface area contributed by atoms with Gasteiger partial charge in [-0.05, 0) is 20.8 Å². The van der Waals surface area contributed by atoms with Crippen molar-refractivity contribution < 1.29 is 17.9 Å². The molecule has 37 heavy (non-hydrogen) atoms. The summed E-state index contributed by atoms with van der Waals surface area (Å²) < 4.78 is 31.1. The third-order valence-corrected chi connectivity index (χ3v) is 8.33. The molecule has 0 radical (unpaired) electrons. The van der Waals surface area contributed by atoms with E-state index in [0.29, 0.717) is 43.4 Å². The Morgan fingerprint density at radius 2 is 1.95 bits per heavy atom. The van der Waals surface area contributed by atoms with E-state index in [1.807, 2.05) is 6.92 Å². The Balaban J connectivity index is 1.58. The molecule has 2 N–H and O–H groups in total. The number of hydrogen-bond donors (Lipinski definition) is 2. The van der Waals surface area contributed by atoms with Crippen molar-refractivity contribution in [3.63, 3.8) is 0 Å². The third-order valence-electron chi connectivity index (χ3n) is 6.27. The number of ether oxygens (including phenoxy) is 1. The van der Waals surface area contributed by atoms with Gasteiger partial charge in [0.05, 0.1) is 36.7 Å². The Labute approximate surface area is 215 Å². The Kier molecular flexibility index (Phi) is 7.41. The Bertz CT molecular complexity index is 1370. The van der Waals surface area contributed by atoms with E-state index in [0.717, 1.165) is 5.56 Å². The zero-order chi connectivity index (χ0) is 26.8. The van der Waals surface area contributed by atoms with Gasteiger partial charge in [-0.3, -0.25) is 10.00 Å². The van der Waals surface area contributed by atoms with Gasteiger partial charge in [-0.1, -0.05) is 0 Å². The number of sulfone groups is 1. The van der Waals surface area contributed by atoms with Crippen molar-refractivity contribution in [2.24, 2.45) is 7.05 Å². The molecule has 2 amide bonds. The van der Waals surface area contributed by atoms with E-state index in [-0.39, 0.29) is 17.8 Å². The van der Waals surface area contributed by atoms with Gasteiger partial charge in [0.2, 0.25) is 5.95 Å². The van der Waals surface area contributed by atoms with E-state index >= 15 is 0 Å². The van der Waals surface area contributed by atoms with E-state index in [4.69, 9.17) is 9.72 Å². The zero-order valence-electron chi connectivity index (χ0n) is 21.5. The van der Waals surface area contributed by atoms with Crippen molar-refractivity contribution in [1.29, 1.82) is 0 Å². The van der Waals surface area contributed by atoms with Crippen LogP contribution in [0.2, 0.25) is 0 Å². The van der Waals surface area contributed by atoms with Crippen LogP contribution in [0.15, 0.2) is 30.9 Å². The van der Waals surface area contributed by atoms with Gasteiger partial charge in [0.1, 0.15) is 10.6 Å². The SMILES string of the molecule is C[C@H]1COCCN1c1cc(C(C)(C)S(C)(=O)=O)nc(-c2cnc(NC(=O)NCc3cnn(C)c3)nc2)n1. The van der Waals surface area contributed by atoms with Crippen LogP contribution in [0.3, 0.4) is 0 Å². The Morgan fingerprint density at radius 3 is 2.57 bits per heavy atom. The molecule has 1 atom stereocenters. The molecule has 0 spiro atoms. The molecule has 198 valence electrons. The number of carbonyl (C=O) groups is 1. The van der Waals surface area contributed by atoms with Crippen LogP contribution in [0.5, 0.6) is 0 Å². The molecule has 0 saturated carbocycles. The third kappa shape index (κ3) is 6.02. The van der Waals surface area contributed by atoms with Gasteiger partial charge >= 0.3 is 6.03 Å². The normalized spacial score (nSPS) is 16.5. The molecule has 1 saturated heterocycles. The number of hydrogen-bond acceptors (Lipinski definition) is 10. The van der Waals surface area contributed by atoms with Crippen molar-refractivity contribution in [3.05, 3.63) is 42.1 Å². The quantitative estimate of drug-likeness (QED) is 0.459. The smallest absolute Gasteiger partial charge is 0.321 e. The summed E-state index contributed by atoms with van der Waals surface area (Å²) in [7, 11) is -1.69.